The largest absolute Gasteiger partial charge is 0.392 e. The van der Waals surface area contributed by atoms with Crippen LogP contribution in [0.25, 0.3) is 0 Å². The van der Waals surface area contributed by atoms with Gasteiger partial charge in [0, 0.05) is 31.2 Å². The number of nitrogens with zero attached hydrogens (tertiary/aromatic N) is 2. The van der Waals surface area contributed by atoms with E-state index < -0.39 is 0 Å². The van der Waals surface area contributed by atoms with Crippen molar-refractivity contribution in [3.05, 3.63) is 71.3 Å². The first-order valence-corrected chi connectivity index (χ1v) is 9.49. The maximum Gasteiger partial charge on any atom is 0.253 e. The normalized spacial score (nSPS) is 22.0. The molecule has 3 aliphatic heterocycles. The molecular weight excluding hydrogens is 340 g/mol. The van der Waals surface area contributed by atoms with Gasteiger partial charge in [-0.25, -0.2) is 0 Å². The van der Waals surface area contributed by atoms with Crippen molar-refractivity contribution < 1.29 is 14.7 Å². The number of carbonyl (C=O) groups excluding carboxylic acids is 2. The molecule has 0 radical (unpaired) electrons. The van der Waals surface area contributed by atoms with Crippen molar-refractivity contribution in [1.82, 2.24) is 9.80 Å². The maximum absolute atomic E-state index is 13.0. The van der Waals surface area contributed by atoms with Gasteiger partial charge in [0.2, 0.25) is 5.91 Å². The summed E-state index contributed by atoms with van der Waals surface area (Å²) < 4.78 is 0. The standard InChI is InChI=1S/C22H24N2O3/c25-15-17-6-8-18(9-7-17)21(26)23-13-19-10-11-20(14-23)24(22(19)27)12-16-4-2-1-3-5-16/h1-9,19-20,25H,10-15H2/t19-,20+/m1/s1. The molecule has 140 valence electrons. The molecule has 3 heterocycles. The third-order valence-electron chi connectivity index (χ3n) is 5.66. The first-order chi connectivity index (χ1) is 13.2. The molecule has 5 nitrogen and oxygen atoms in total. The number of hydrogen-bond donors (Lipinski definition) is 1. The lowest BCUT2D eigenvalue weighted by Crippen LogP contribution is -2.47. The molecule has 0 spiro atoms. The first-order valence-electron chi connectivity index (χ1n) is 9.49. The number of carbonyl (C=O) groups is 2. The van der Waals surface area contributed by atoms with Crippen LogP contribution in [0.4, 0.5) is 0 Å². The van der Waals surface area contributed by atoms with E-state index in [1.807, 2.05) is 40.1 Å². The van der Waals surface area contributed by atoms with Crippen molar-refractivity contribution in [2.45, 2.75) is 32.0 Å². The molecule has 3 fully saturated rings. The fraction of sp³-hybridized carbons (Fsp3) is 0.364. The Kier molecular flexibility index (Phi) is 4.94. The summed E-state index contributed by atoms with van der Waals surface area (Å²) in [5, 5.41) is 9.17. The number of fused-ring (bicyclic) bond motifs is 4. The van der Waals surface area contributed by atoms with E-state index >= 15 is 0 Å². The molecule has 2 aromatic carbocycles. The molecule has 5 rings (SSSR count). The highest BCUT2D eigenvalue weighted by Crippen LogP contribution is 2.31. The predicted octanol–water partition coefficient (Wildman–Crippen LogP) is 2.44. The first kappa shape index (κ1) is 17.7. The second-order valence-corrected chi connectivity index (χ2v) is 7.45. The Morgan fingerprint density at radius 3 is 2.41 bits per heavy atom. The molecule has 3 saturated heterocycles. The van der Waals surface area contributed by atoms with Crippen LogP contribution in [0.15, 0.2) is 54.6 Å². The minimum atomic E-state index is -0.117. The SMILES string of the molecule is O=C(c1ccc(CO)cc1)N1C[C@H]2CC[C@@H](C1)N(Cc1ccccc1)C2=O. The van der Waals surface area contributed by atoms with Gasteiger partial charge in [-0.2, -0.15) is 0 Å². The Balaban J connectivity index is 1.53. The summed E-state index contributed by atoms with van der Waals surface area (Å²) in [6, 6.07) is 17.1. The van der Waals surface area contributed by atoms with Crippen LogP contribution in [0, 0.1) is 5.92 Å². The molecule has 0 unspecified atom stereocenters. The molecule has 27 heavy (non-hydrogen) atoms. The van der Waals surface area contributed by atoms with E-state index in [0.717, 1.165) is 24.0 Å². The van der Waals surface area contributed by atoms with Crippen LogP contribution in [0.1, 0.15) is 34.3 Å². The summed E-state index contributed by atoms with van der Waals surface area (Å²) in [4.78, 5) is 29.7. The maximum atomic E-state index is 13.0. The molecule has 0 saturated carbocycles. The van der Waals surface area contributed by atoms with Crippen LogP contribution < -0.4 is 0 Å². The average Bonchev–Trinajstić information content (AvgIpc) is 3.01. The van der Waals surface area contributed by atoms with E-state index in [0.29, 0.717) is 25.2 Å². The van der Waals surface area contributed by atoms with Crippen LogP contribution in [0.5, 0.6) is 0 Å². The van der Waals surface area contributed by atoms with Crippen LogP contribution in [-0.4, -0.2) is 45.9 Å². The van der Waals surface area contributed by atoms with Crippen LogP contribution in [0.3, 0.4) is 0 Å². The molecule has 2 bridgehead atoms. The van der Waals surface area contributed by atoms with E-state index in [-0.39, 0.29) is 30.4 Å². The number of amides is 2. The topological polar surface area (TPSA) is 60.9 Å². The average molecular weight is 364 g/mol. The van der Waals surface area contributed by atoms with E-state index in [1.54, 1.807) is 24.3 Å². The summed E-state index contributed by atoms with van der Waals surface area (Å²) in [5.74, 6) is 0.0138. The number of aliphatic hydroxyl groups excluding tert-OH is 1. The Labute approximate surface area is 159 Å². The Morgan fingerprint density at radius 2 is 1.70 bits per heavy atom. The van der Waals surface area contributed by atoms with Crippen molar-refractivity contribution >= 4 is 11.8 Å². The van der Waals surface area contributed by atoms with Gasteiger partial charge in [-0.15, -0.1) is 0 Å². The summed E-state index contributed by atoms with van der Waals surface area (Å²) in [7, 11) is 0. The van der Waals surface area contributed by atoms with Gasteiger partial charge in [0.15, 0.2) is 0 Å². The molecule has 0 aliphatic carbocycles. The van der Waals surface area contributed by atoms with E-state index in [9.17, 15) is 14.7 Å². The smallest absolute Gasteiger partial charge is 0.253 e. The predicted molar refractivity (Wildman–Crippen MR) is 102 cm³/mol. The van der Waals surface area contributed by atoms with Crippen LogP contribution in [0.2, 0.25) is 0 Å². The summed E-state index contributed by atoms with van der Waals surface area (Å²) in [5.41, 5.74) is 2.51. The van der Waals surface area contributed by atoms with E-state index in [4.69, 9.17) is 0 Å². The number of hydrogen-bond acceptors (Lipinski definition) is 3. The quantitative estimate of drug-likeness (QED) is 0.906. The van der Waals surface area contributed by atoms with Gasteiger partial charge in [0.05, 0.1) is 12.5 Å². The zero-order valence-electron chi connectivity index (χ0n) is 15.3. The van der Waals surface area contributed by atoms with Gasteiger partial charge >= 0.3 is 0 Å². The third-order valence-corrected chi connectivity index (χ3v) is 5.66. The second-order valence-electron chi connectivity index (χ2n) is 7.45. The third kappa shape index (κ3) is 3.60. The van der Waals surface area contributed by atoms with Crippen molar-refractivity contribution in [3.63, 3.8) is 0 Å². The minimum Gasteiger partial charge on any atom is -0.392 e. The van der Waals surface area contributed by atoms with Crippen molar-refractivity contribution in [3.8, 4) is 0 Å². The molecule has 0 aromatic heterocycles. The van der Waals surface area contributed by atoms with E-state index in [2.05, 4.69) is 0 Å². The van der Waals surface area contributed by atoms with Gasteiger partial charge in [-0.05, 0) is 36.1 Å². The summed E-state index contributed by atoms with van der Waals surface area (Å²) in [6.07, 6.45) is 1.79. The number of rotatable bonds is 4. The van der Waals surface area contributed by atoms with E-state index in [1.165, 1.54) is 0 Å². The molecular formula is C22H24N2O3. The minimum absolute atomic E-state index is 0.0363. The zero-order valence-corrected chi connectivity index (χ0v) is 15.3. The van der Waals surface area contributed by atoms with Gasteiger partial charge < -0.3 is 14.9 Å². The molecule has 3 aliphatic rings. The zero-order chi connectivity index (χ0) is 18.8. The van der Waals surface area contributed by atoms with Crippen LogP contribution >= 0.6 is 0 Å². The summed E-state index contributed by atoms with van der Waals surface area (Å²) >= 11 is 0. The number of benzene rings is 2. The lowest BCUT2D eigenvalue weighted by atomic mass is 9.93. The fourth-order valence-corrected chi connectivity index (χ4v) is 4.13. The lowest BCUT2D eigenvalue weighted by Gasteiger charge is -2.36. The molecule has 2 amide bonds. The fourth-order valence-electron chi connectivity index (χ4n) is 4.13. The molecule has 2 atom stereocenters. The number of aliphatic hydroxyl groups is 1. The molecule has 1 N–H and O–H groups in total. The van der Waals surface area contributed by atoms with Gasteiger partial charge in [-0.3, -0.25) is 9.59 Å². The monoisotopic (exact) mass is 364 g/mol. The van der Waals surface area contributed by atoms with Crippen molar-refractivity contribution in [2.75, 3.05) is 13.1 Å². The highest BCUT2D eigenvalue weighted by atomic mass is 16.3. The van der Waals surface area contributed by atoms with Gasteiger partial charge in [0.25, 0.3) is 5.91 Å². The number of piperidine rings is 1. The van der Waals surface area contributed by atoms with Crippen LogP contribution in [-0.2, 0) is 17.9 Å². The Morgan fingerprint density at radius 1 is 0.963 bits per heavy atom. The Hall–Kier alpha value is -2.66. The highest BCUT2D eigenvalue weighted by molar-refractivity contribution is 5.95. The highest BCUT2D eigenvalue weighted by Gasteiger charge is 2.41. The molecule has 5 heteroatoms. The Bertz CT molecular complexity index is 819. The van der Waals surface area contributed by atoms with Crippen molar-refractivity contribution in [2.24, 2.45) is 5.92 Å². The van der Waals surface area contributed by atoms with Gasteiger partial charge in [0.1, 0.15) is 0 Å². The van der Waals surface area contributed by atoms with Gasteiger partial charge in [-0.1, -0.05) is 42.5 Å². The second kappa shape index (κ2) is 7.53. The molecule has 2 aromatic rings. The lowest BCUT2D eigenvalue weighted by molar-refractivity contribution is -0.140. The van der Waals surface area contributed by atoms with Crippen molar-refractivity contribution in [1.29, 1.82) is 0 Å². The summed E-state index contributed by atoms with van der Waals surface area (Å²) in [6.45, 7) is 1.64.